The van der Waals surface area contributed by atoms with E-state index in [-0.39, 0.29) is 16.8 Å². The number of carbonyl (C=O) groups excluding carboxylic acids is 1. The molecule has 1 aliphatic heterocycles. The van der Waals surface area contributed by atoms with E-state index in [1.165, 1.54) is 0 Å². The molecule has 162 valence electrons. The lowest BCUT2D eigenvalue weighted by atomic mass is 9.95. The molecule has 5 nitrogen and oxygen atoms in total. The van der Waals surface area contributed by atoms with Gasteiger partial charge in [0, 0.05) is 31.7 Å². The van der Waals surface area contributed by atoms with E-state index in [0.29, 0.717) is 38.3 Å². The summed E-state index contributed by atoms with van der Waals surface area (Å²) in [5, 5.41) is 2.93. The summed E-state index contributed by atoms with van der Waals surface area (Å²) in [6, 6.07) is 8.58. The van der Waals surface area contributed by atoms with E-state index < -0.39 is 11.7 Å². The first-order chi connectivity index (χ1) is 14.3. The number of ether oxygens (including phenoxy) is 1. The average Bonchev–Trinajstić information content (AvgIpc) is 2.73. The van der Waals surface area contributed by atoms with Crippen LogP contribution >= 0.6 is 11.6 Å². The van der Waals surface area contributed by atoms with E-state index in [0.717, 1.165) is 30.0 Å². The molecule has 9 heteroatoms. The number of amides is 1. The molecule has 1 aliphatic rings. The van der Waals surface area contributed by atoms with Crippen molar-refractivity contribution in [2.45, 2.75) is 25.4 Å². The highest BCUT2D eigenvalue weighted by Gasteiger charge is 2.33. The van der Waals surface area contributed by atoms with Crippen molar-refractivity contribution in [2.24, 2.45) is 5.92 Å². The number of alkyl halides is 3. The summed E-state index contributed by atoms with van der Waals surface area (Å²) >= 11 is 6.02. The number of benzene rings is 1. The summed E-state index contributed by atoms with van der Waals surface area (Å²) in [5.74, 6) is 0.972. The van der Waals surface area contributed by atoms with Crippen molar-refractivity contribution in [3.63, 3.8) is 0 Å². The minimum absolute atomic E-state index is 0.00497. The van der Waals surface area contributed by atoms with Crippen molar-refractivity contribution in [3.05, 3.63) is 52.7 Å². The topological polar surface area (TPSA) is 54.5 Å². The van der Waals surface area contributed by atoms with Crippen LogP contribution < -0.4 is 15.0 Å². The van der Waals surface area contributed by atoms with E-state index in [1.54, 1.807) is 7.11 Å². The zero-order valence-electron chi connectivity index (χ0n) is 16.5. The first-order valence-corrected chi connectivity index (χ1v) is 10.0. The minimum Gasteiger partial charge on any atom is -0.497 e. The van der Waals surface area contributed by atoms with Crippen LogP contribution in [0, 0.1) is 5.92 Å². The minimum atomic E-state index is -4.48. The molecule has 0 saturated carbocycles. The van der Waals surface area contributed by atoms with Gasteiger partial charge in [0.15, 0.2) is 0 Å². The highest BCUT2D eigenvalue weighted by Crippen LogP contribution is 2.34. The molecule has 1 N–H and O–H groups in total. The summed E-state index contributed by atoms with van der Waals surface area (Å²) in [6.07, 6.45) is -1.79. The van der Waals surface area contributed by atoms with E-state index in [4.69, 9.17) is 16.3 Å². The number of carbonyl (C=O) groups is 1. The van der Waals surface area contributed by atoms with Crippen LogP contribution in [-0.2, 0) is 17.4 Å². The molecule has 0 radical (unpaired) electrons. The first kappa shape index (κ1) is 22.2. The molecule has 0 bridgehead atoms. The number of piperidine rings is 1. The Kier molecular flexibility index (Phi) is 7.07. The number of hydrogen-bond donors (Lipinski definition) is 1. The van der Waals surface area contributed by atoms with Gasteiger partial charge in [-0.05, 0) is 43.0 Å². The molecule has 1 aromatic heterocycles. The molecule has 1 fully saturated rings. The van der Waals surface area contributed by atoms with Gasteiger partial charge in [-0.1, -0.05) is 23.7 Å². The average molecular weight is 442 g/mol. The van der Waals surface area contributed by atoms with Gasteiger partial charge in [0.25, 0.3) is 0 Å². The summed E-state index contributed by atoms with van der Waals surface area (Å²) in [7, 11) is 1.61. The van der Waals surface area contributed by atoms with Crippen LogP contribution in [0.15, 0.2) is 36.5 Å². The van der Waals surface area contributed by atoms with Gasteiger partial charge in [0.05, 0.1) is 17.7 Å². The smallest absolute Gasteiger partial charge is 0.417 e. The number of halogens is 4. The van der Waals surface area contributed by atoms with Crippen molar-refractivity contribution in [3.8, 4) is 5.75 Å². The monoisotopic (exact) mass is 441 g/mol. The SMILES string of the molecule is COc1ccc(CCNC(=O)C2CCN(c3ncc(C(F)(F)F)cc3Cl)CC2)cc1. The van der Waals surface area contributed by atoms with Crippen LogP contribution in [-0.4, -0.2) is 37.6 Å². The van der Waals surface area contributed by atoms with Crippen LogP contribution in [0.1, 0.15) is 24.0 Å². The Morgan fingerprint density at radius 1 is 1.27 bits per heavy atom. The molecular weight excluding hydrogens is 419 g/mol. The van der Waals surface area contributed by atoms with Crippen LogP contribution in [0.5, 0.6) is 5.75 Å². The maximum Gasteiger partial charge on any atom is 0.417 e. The van der Waals surface area contributed by atoms with Crippen LogP contribution in [0.3, 0.4) is 0 Å². The Balaban J connectivity index is 1.47. The molecule has 3 rings (SSSR count). The predicted octanol–water partition coefficient (Wildman–Crippen LogP) is 4.34. The predicted molar refractivity (Wildman–Crippen MR) is 109 cm³/mol. The largest absolute Gasteiger partial charge is 0.497 e. The second-order valence-electron chi connectivity index (χ2n) is 7.18. The highest BCUT2D eigenvalue weighted by molar-refractivity contribution is 6.33. The third-order valence-electron chi connectivity index (χ3n) is 5.19. The van der Waals surface area contributed by atoms with Crippen molar-refractivity contribution in [1.82, 2.24) is 10.3 Å². The second kappa shape index (κ2) is 9.55. The van der Waals surface area contributed by atoms with Gasteiger partial charge in [0.2, 0.25) is 5.91 Å². The van der Waals surface area contributed by atoms with E-state index in [9.17, 15) is 18.0 Å². The molecule has 30 heavy (non-hydrogen) atoms. The van der Waals surface area contributed by atoms with E-state index in [1.807, 2.05) is 29.2 Å². The van der Waals surface area contributed by atoms with Crippen molar-refractivity contribution >= 4 is 23.3 Å². The number of nitrogens with zero attached hydrogens (tertiary/aromatic N) is 2. The van der Waals surface area contributed by atoms with Crippen LogP contribution in [0.2, 0.25) is 5.02 Å². The summed E-state index contributed by atoms with van der Waals surface area (Å²) < 4.78 is 43.4. The number of nitrogens with one attached hydrogen (secondary N) is 1. The van der Waals surface area contributed by atoms with Crippen molar-refractivity contribution < 1.29 is 22.7 Å². The standard InChI is InChI=1S/C21H23ClF3N3O2/c1-30-17-4-2-14(3-5-17)6-9-26-20(29)15-7-10-28(11-8-15)19-18(22)12-16(13-27-19)21(23,24)25/h2-5,12-13,15H,6-11H2,1H3,(H,26,29). The third-order valence-corrected chi connectivity index (χ3v) is 5.46. The fraction of sp³-hybridized carbons (Fsp3) is 0.429. The lowest BCUT2D eigenvalue weighted by molar-refractivity contribution is -0.137. The molecule has 2 aromatic rings. The molecule has 0 aliphatic carbocycles. The lowest BCUT2D eigenvalue weighted by Crippen LogP contribution is -2.41. The molecule has 2 heterocycles. The van der Waals surface area contributed by atoms with Gasteiger partial charge in [-0.15, -0.1) is 0 Å². The van der Waals surface area contributed by atoms with Crippen molar-refractivity contribution in [1.29, 1.82) is 0 Å². The summed E-state index contributed by atoms with van der Waals surface area (Å²) in [6.45, 7) is 1.56. The van der Waals surface area contributed by atoms with Gasteiger partial charge < -0.3 is 15.0 Å². The molecule has 1 aromatic carbocycles. The second-order valence-corrected chi connectivity index (χ2v) is 7.58. The zero-order chi connectivity index (χ0) is 21.7. The Hall–Kier alpha value is -2.48. The van der Waals surface area contributed by atoms with Crippen LogP contribution in [0.25, 0.3) is 0 Å². The molecule has 1 saturated heterocycles. The summed E-state index contributed by atoms with van der Waals surface area (Å²) in [4.78, 5) is 18.2. The van der Waals surface area contributed by atoms with Crippen LogP contribution in [0.4, 0.5) is 19.0 Å². The fourth-order valence-electron chi connectivity index (χ4n) is 3.44. The number of pyridine rings is 1. The normalized spacial score (nSPS) is 15.2. The Morgan fingerprint density at radius 3 is 2.50 bits per heavy atom. The molecular formula is C21H23ClF3N3O2. The van der Waals surface area contributed by atoms with Gasteiger partial charge in [-0.25, -0.2) is 4.98 Å². The fourth-order valence-corrected chi connectivity index (χ4v) is 3.72. The zero-order valence-corrected chi connectivity index (χ0v) is 17.3. The van der Waals surface area contributed by atoms with Gasteiger partial charge in [-0.3, -0.25) is 4.79 Å². The first-order valence-electron chi connectivity index (χ1n) is 9.66. The number of aromatic nitrogens is 1. The molecule has 0 spiro atoms. The summed E-state index contributed by atoms with van der Waals surface area (Å²) in [5.41, 5.74) is 0.233. The van der Waals surface area contributed by atoms with E-state index >= 15 is 0 Å². The highest BCUT2D eigenvalue weighted by atomic mass is 35.5. The Labute approximate surface area is 178 Å². The number of methoxy groups -OCH3 is 1. The molecule has 0 atom stereocenters. The maximum absolute atomic E-state index is 12.8. The number of rotatable bonds is 6. The number of anilines is 1. The lowest BCUT2D eigenvalue weighted by Gasteiger charge is -2.32. The Bertz CT molecular complexity index is 867. The number of hydrogen-bond acceptors (Lipinski definition) is 4. The molecule has 0 unspecified atom stereocenters. The third kappa shape index (κ3) is 5.56. The van der Waals surface area contributed by atoms with Gasteiger partial charge in [-0.2, -0.15) is 13.2 Å². The quantitative estimate of drug-likeness (QED) is 0.724. The van der Waals surface area contributed by atoms with Gasteiger partial charge in [0.1, 0.15) is 11.6 Å². The van der Waals surface area contributed by atoms with E-state index in [2.05, 4.69) is 10.3 Å². The maximum atomic E-state index is 12.8. The Morgan fingerprint density at radius 2 is 1.93 bits per heavy atom. The molecule has 1 amide bonds. The van der Waals surface area contributed by atoms with Gasteiger partial charge >= 0.3 is 6.18 Å². The van der Waals surface area contributed by atoms with Crippen molar-refractivity contribution in [2.75, 3.05) is 31.6 Å².